The second-order valence-corrected chi connectivity index (χ2v) is 37.3. The van der Waals surface area contributed by atoms with Gasteiger partial charge < -0.3 is 9.80 Å². The number of nitrogens with zero attached hydrogens (tertiary/aromatic N) is 2. The average molecular weight is 1520 g/mol. The molecule has 0 atom stereocenters. The third kappa shape index (κ3) is 14.1. The zero-order valence-electron chi connectivity index (χ0n) is 71.7. The lowest BCUT2D eigenvalue weighted by atomic mass is 9.70. The van der Waals surface area contributed by atoms with Crippen molar-refractivity contribution in [2.24, 2.45) is 0 Å². The van der Waals surface area contributed by atoms with Crippen molar-refractivity contribution in [2.45, 2.75) is 257 Å². The van der Waals surface area contributed by atoms with Gasteiger partial charge in [0, 0.05) is 66.0 Å². The van der Waals surface area contributed by atoms with Crippen LogP contribution in [-0.2, 0) is 27.1 Å². The van der Waals surface area contributed by atoms with Gasteiger partial charge in [-0.3, -0.25) is 0 Å². The van der Waals surface area contributed by atoms with Gasteiger partial charge in [0.15, 0.2) is 0 Å². The smallest absolute Gasteiger partial charge is 0.0620 e. The second-order valence-electron chi connectivity index (χ2n) is 37.3. The molecule has 0 spiro atoms. The van der Waals surface area contributed by atoms with E-state index in [1.54, 1.807) is 22.3 Å². The van der Waals surface area contributed by atoms with Crippen LogP contribution in [-0.4, -0.2) is 0 Å². The van der Waals surface area contributed by atoms with Crippen LogP contribution in [0.2, 0.25) is 0 Å². The van der Waals surface area contributed by atoms with Crippen molar-refractivity contribution < 1.29 is 0 Å². The van der Waals surface area contributed by atoms with E-state index in [9.17, 15) is 0 Å². The minimum atomic E-state index is -0.298. The average Bonchev–Trinajstić information content (AvgIpc) is 1.41. The van der Waals surface area contributed by atoms with Gasteiger partial charge in [0.1, 0.15) is 0 Å². The van der Waals surface area contributed by atoms with E-state index in [0.29, 0.717) is 0 Å². The highest BCUT2D eigenvalue weighted by Gasteiger charge is 2.46. The number of hydrogen-bond donors (Lipinski definition) is 0. The normalized spacial score (nSPS) is 14.6. The van der Waals surface area contributed by atoms with Crippen molar-refractivity contribution in [1.82, 2.24) is 0 Å². The quantitative estimate of drug-likeness (QED) is 0.0236. The molecule has 590 valence electrons. The number of rotatable bonds is 32. The van der Waals surface area contributed by atoms with Crippen molar-refractivity contribution in [2.75, 3.05) is 9.80 Å². The molecule has 0 saturated heterocycles. The summed E-state index contributed by atoms with van der Waals surface area (Å²) >= 11 is 0. The van der Waals surface area contributed by atoms with Gasteiger partial charge in [-0.05, 0) is 227 Å². The van der Waals surface area contributed by atoms with Gasteiger partial charge >= 0.3 is 0 Å². The minimum Gasteiger partial charge on any atom is -0.309 e. The number of benzene rings is 13. The molecule has 4 aliphatic rings. The Morgan fingerprint density at radius 3 is 0.897 bits per heavy atom. The largest absolute Gasteiger partial charge is 0.309 e. The van der Waals surface area contributed by atoms with Crippen molar-refractivity contribution >= 4 is 55.7 Å². The molecular weight excluding hydrogens is 1400 g/mol. The third-order valence-corrected chi connectivity index (χ3v) is 28.2. The SMILES string of the molecule is CCCCCCCC1(CCCCCCC)c2ccccc2-c2ccc(-c3ccc4c(c3)C(C)(C)c3cc(N(c5ccccc5)c5c6ccccc6c(N(c6ccccc6)c6ccc7c(c6)C(C)(C)c6cc(-c8ccc9c(c8)C(CCCCCCC)(CCCCCCC)c8ccccc8-9)ccc6-7)c6cc(C(C)(C)C)ccc56)ccc3-4)cc21. The van der Waals surface area contributed by atoms with Crippen LogP contribution >= 0.6 is 0 Å². The lowest BCUT2D eigenvalue weighted by Crippen LogP contribution is -2.25. The number of anilines is 6. The third-order valence-electron chi connectivity index (χ3n) is 28.2. The Morgan fingerprint density at radius 2 is 0.526 bits per heavy atom. The first kappa shape index (κ1) is 78.5. The second kappa shape index (κ2) is 32.8. The summed E-state index contributed by atoms with van der Waals surface area (Å²) < 4.78 is 0. The van der Waals surface area contributed by atoms with Crippen LogP contribution < -0.4 is 9.80 Å². The molecule has 13 aromatic carbocycles. The molecule has 116 heavy (non-hydrogen) atoms. The van der Waals surface area contributed by atoms with Crippen LogP contribution in [0.1, 0.15) is 280 Å². The summed E-state index contributed by atoms with van der Waals surface area (Å²) in [6.45, 7) is 26.4. The summed E-state index contributed by atoms with van der Waals surface area (Å²) in [5.74, 6) is 0. The van der Waals surface area contributed by atoms with Crippen molar-refractivity contribution in [1.29, 1.82) is 0 Å². The molecule has 0 amide bonds. The van der Waals surface area contributed by atoms with E-state index >= 15 is 0 Å². The molecule has 0 radical (unpaired) electrons. The van der Waals surface area contributed by atoms with Crippen molar-refractivity contribution in [3.05, 3.63) is 311 Å². The molecule has 0 aliphatic heterocycles. The predicted molar refractivity (Wildman–Crippen MR) is 501 cm³/mol. The molecule has 13 aromatic rings. The lowest BCUT2D eigenvalue weighted by Gasteiger charge is -2.34. The van der Waals surface area contributed by atoms with Crippen LogP contribution in [0.25, 0.3) is 88.3 Å². The predicted octanol–water partition coefficient (Wildman–Crippen LogP) is 34.2. The van der Waals surface area contributed by atoms with Crippen LogP contribution in [0.15, 0.2) is 261 Å². The molecule has 4 aliphatic carbocycles. The maximum absolute atomic E-state index is 2.65. The van der Waals surface area contributed by atoms with E-state index in [1.807, 2.05) is 0 Å². The molecule has 0 fully saturated rings. The number of unbranched alkanes of at least 4 members (excludes halogenated alkanes) is 16. The monoisotopic (exact) mass is 1520 g/mol. The lowest BCUT2D eigenvalue weighted by molar-refractivity contribution is 0.399. The zero-order valence-corrected chi connectivity index (χ0v) is 71.7. The molecule has 2 heteroatoms. The van der Waals surface area contributed by atoms with Gasteiger partial charge in [-0.15, -0.1) is 0 Å². The Balaban J connectivity index is 0.752. The van der Waals surface area contributed by atoms with Gasteiger partial charge in [0.05, 0.1) is 11.4 Å². The van der Waals surface area contributed by atoms with Crippen LogP contribution in [0.5, 0.6) is 0 Å². The van der Waals surface area contributed by atoms with Gasteiger partial charge in [0.25, 0.3) is 0 Å². The summed E-state index contributed by atoms with van der Waals surface area (Å²) in [7, 11) is 0. The maximum Gasteiger partial charge on any atom is 0.0620 e. The zero-order chi connectivity index (χ0) is 79.9. The van der Waals surface area contributed by atoms with E-state index in [-0.39, 0.29) is 27.1 Å². The van der Waals surface area contributed by atoms with Gasteiger partial charge in [-0.25, -0.2) is 0 Å². The standard InChI is InChI=1S/C114H124N2/c1-12-16-20-24-40-68-113(69-41-25-21-17-13-2)100-52-38-36-48-88(100)94-63-56-81(74-106(94)113)79-54-61-90-92-66-59-86(77-104(92)111(8,9)102(90)72-79)115(84-44-30-28-31-45-84)108-96-50-34-35-51-97(96)109(99-76-83(110(5,6)7)58-65-98(99)108)116(85-46-32-29-33-47-85)87-60-67-93-91-62-55-80(73-103(91)112(10,11)105(93)78-87)82-57-64-95-89-49-37-39-53-101(89)114(107(95)75-82,70-42-26-22-18-14-3)71-43-27-23-19-15-4/h28-39,44-67,72-78H,12-27,40-43,68-71H2,1-11H3. The fourth-order valence-electron chi connectivity index (χ4n) is 21.9. The molecule has 0 aromatic heterocycles. The van der Waals surface area contributed by atoms with E-state index in [1.165, 1.54) is 282 Å². The molecule has 0 heterocycles. The summed E-state index contributed by atoms with van der Waals surface area (Å²) in [5.41, 5.74) is 35.7. The van der Waals surface area contributed by atoms with Crippen LogP contribution in [0.4, 0.5) is 34.1 Å². The van der Waals surface area contributed by atoms with Crippen LogP contribution in [0, 0.1) is 0 Å². The molecule has 17 rings (SSSR count). The van der Waals surface area contributed by atoms with Gasteiger partial charge in [-0.2, -0.15) is 0 Å². The first-order valence-electron chi connectivity index (χ1n) is 45.3. The Bertz CT molecular complexity index is 5710. The summed E-state index contributed by atoms with van der Waals surface area (Å²) in [4.78, 5) is 5.20. The summed E-state index contributed by atoms with van der Waals surface area (Å²) in [5, 5.41) is 4.80. The molecule has 0 saturated carbocycles. The molecule has 2 nitrogen and oxygen atoms in total. The first-order chi connectivity index (χ1) is 56.5. The topological polar surface area (TPSA) is 6.48 Å². The molecule has 0 N–H and O–H groups in total. The first-order valence-corrected chi connectivity index (χ1v) is 45.3. The molecule has 0 unspecified atom stereocenters. The van der Waals surface area contributed by atoms with Crippen molar-refractivity contribution in [3.8, 4) is 66.8 Å². The highest BCUT2D eigenvalue weighted by Crippen LogP contribution is 2.61. The summed E-state index contributed by atoms with van der Waals surface area (Å²) in [6, 6.07) is 103. The Kier molecular flexibility index (Phi) is 22.2. The number of fused-ring (bicyclic) bond motifs is 14. The Labute approximate surface area is 695 Å². The highest BCUT2D eigenvalue weighted by molar-refractivity contribution is 6.23. The molecular formula is C114H124N2. The van der Waals surface area contributed by atoms with E-state index in [4.69, 9.17) is 0 Å². The Hall–Kier alpha value is -10.0. The van der Waals surface area contributed by atoms with E-state index < -0.39 is 0 Å². The maximum atomic E-state index is 2.65. The minimum absolute atomic E-state index is 0.0221. The fourth-order valence-corrected chi connectivity index (χ4v) is 21.9. The summed E-state index contributed by atoms with van der Waals surface area (Å²) in [6.07, 6.45) is 30.8. The van der Waals surface area contributed by atoms with Crippen LogP contribution in [0.3, 0.4) is 0 Å². The number of para-hydroxylation sites is 2. The fraction of sp³-hybridized carbons (Fsp3) is 0.351. The molecule has 0 bridgehead atoms. The van der Waals surface area contributed by atoms with Crippen molar-refractivity contribution in [3.63, 3.8) is 0 Å². The highest BCUT2D eigenvalue weighted by atomic mass is 15.2. The van der Waals surface area contributed by atoms with Gasteiger partial charge in [-0.1, -0.05) is 387 Å². The van der Waals surface area contributed by atoms with E-state index in [2.05, 4.69) is 347 Å². The Morgan fingerprint density at radius 1 is 0.233 bits per heavy atom. The van der Waals surface area contributed by atoms with Gasteiger partial charge in [0.2, 0.25) is 0 Å². The number of hydrogen-bond acceptors (Lipinski definition) is 2. The van der Waals surface area contributed by atoms with E-state index in [0.717, 1.165) is 22.7 Å².